The van der Waals surface area contributed by atoms with E-state index in [-0.39, 0.29) is 0 Å². The lowest BCUT2D eigenvalue weighted by Crippen LogP contribution is -1.99. The van der Waals surface area contributed by atoms with Crippen LogP contribution in [-0.2, 0) is 6.54 Å². The average molecular weight is 227 g/mol. The molecule has 0 aromatic heterocycles. The number of rotatable bonds is 3. The topological polar surface area (TPSA) is 35.2 Å². The van der Waals surface area contributed by atoms with Crippen LogP contribution >= 0.6 is 0 Å². The summed E-state index contributed by atoms with van der Waals surface area (Å²) in [5, 5.41) is 0. The summed E-state index contributed by atoms with van der Waals surface area (Å²) in [5.74, 6) is 1.69. The maximum atomic E-state index is 5.86. The van der Waals surface area contributed by atoms with Gasteiger partial charge in [-0.2, -0.15) is 0 Å². The van der Waals surface area contributed by atoms with Gasteiger partial charge in [-0.3, -0.25) is 0 Å². The maximum absolute atomic E-state index is 5.86. The van der Waals surface area contributed by atoms with E-state index in [1.54, 1.807) is 0 Å². The van der Waals surface area contributed by atoms with E-state index in [0.29, 0.717) is 6.54 Å². The highest BCUT2D eigenvalue weighted by Crippen LogP contribution is 2.26. The largest absolute Gasteiger partial charge is 0.457 e. The Kier molecular flexibility index (Phi) is 3.45. The van der Waals surface area contributed by atoms with Crippen LogP contribution in [-0.4, -0.2) is 0 Å². The van der Waals surface area contributed by atoms with Gasteiger partial charge in [-0.15, -0.1) is 0 Å². The normalized spacial score (nSPS) is 10.3. The highest BCUT2D eigenvalue weighted by molar-refractivity contribution is 5.40. The second kappa shape index (κ2) is 5.02. The van der Waals surface area contributed by atoms with Gasteiger partial charge in [-0.05, 0) is 37.6 Å². The van der Waals surface area contributed by atoms with Crippen LogP contribution in [0.5, 0.6) is 11.5 Å². The highest BCUT2D eigenvalue weighted by Gasteiger charge is 2.03. The Morgan fingerprint density at radius 1 is 0.941 bits per heavy atom. The van der Waals surface area contributed by atoms with Gasteiger partial charge >= 0.3 is 0 Å². The minimum absolute atomic E-state index is 0.488. The molecule has 0 aliphatic carbocycles. The van der Waals surface area contributed by atoms with Crippen molar-refractivity contribution in [3.63, 3.8) is 0 Å². The third kappa shape index (κ3) is 2.86. The van der Waals surface area contributed by atoms with E-state index in [1.165, 1.54) is 11.1 Å². The van der Waals surface area contributed by atoms with E-state index >= 15 is 0 Å². The fourth-order valence-corrected chi connectivity index (χ4v) is 1.66. The van der Waals surface area contributed by atoms with Crippen LogP contribution in [0.1, 0.15) is 16.7 Å². The van der Waals surface area contributed by atoms with E-state index in [1.807, 2.05) is 49.4 Å². The van der Waals surface area contributed by atoms with Crippen molar-refractivity contribution in [2.45, 2.75) is 20.4 Å². The van der Waals surface area contributed by atoms with Crippen molar-refractivity contribution in [1.29, 1.82) is 0 Å². The molecule has 88 valence electrons. The van der Waals surface area contributed by atoms with Crippen LogP contribution in [0.2, 0.25) is 0 Å². The van der Waals surface area contributed by atoms with E-state index in [2.05, 4.69) is 6.92 Å². The SMILES string of the molecule is Cc1ccc(Oc2cc(C)ccc2CN)cc1. The van der Waals surface area contributed by atoms with Crippen LogP contribution in [0.4, 0.5) is 0 Å². The Bertz CT molecular complexity index is 503. The molecular weight excluding hydrogens is 210 g/mol. The highest BCUT2D eigenvalue weighted by atomic mass is 16.5. The molecule has 0 fully saturated rings. The van der Waals surface area contributed by atoms with E-state index in [9.17, 15) is 0 Å². The third-order valence-corrected chi connectivity index (χ3v) is 2.69. The van der Waals surface area contributed by atoms with Crippen molar-refractivity contribution in [1.82, 2.24) is 0 Å². The van der Waals surface area contributed by atoms with Crippen LogP contribution in [0.25, 0.3) is 0 Å². The standard InChI is InChI=1S/C15H17NO/c1-11-4-7-14(8-5-11)17-15-9-12(2)3-6-13(15)10-16/h3-9H,10,16H2,1-2H3. The Balaban J connectivity index is 2.28. The van der Waals surface area contributed by atoms with Gasteiger partial charge in [0.25, 0.3) is 0 Å². The maximum Gasteiger partial charge on any atom is 0.132 e. The molecule has 2 aromatic rings. The first-order chi connectivity index (χ1) is 8.19. The lowest BCUT2D eigenvalue weighted by molar-refractivity contribution is 0.476. The zero-order valence-electron chi connectivity index (χ0n) is 10.2. The second-order valence-corrected chi connectivity index (χ2v) is 4.23. The lowest BCUT2D eigenvalue weighted by Gasteiger charge is -2.11. The lowest BCUT2D eigenvalue weighted by atomic mass is 10.1. The van der Waals surface area contributed by atoms with Crippen molar-refractivity contribution in [3.8, 4) is 11.5 Å². The summed E-state index contributed by atoms with van der Waals surface area (Å²) in [4.78, 5) is 0. The number of hydrogen-bond acceptors (Lipinski definition) is 2. The molecule has 2 rings (SSSR count). The van der Waals surface area contributed by atoms with Crippen molar-refractivity contribution < 1.29 is 4.74 Å². The molecule has 17 heavy (non-hydrogen) atoms. The molecule has 2 aromatic carbocycles. The monoisotopic (exact) mass is 227 g/mol. The Morgan fingerprint density at radius 2 is 1.59 bits per heavy atom. The number of hydrogen-bond donors (Lipinski definition) is 1. The van der Waals surface area contributed by atoms with E-state index in [0.717, 1.165) is 17.1 Å². The second-order valence-electron chi connectivity index (χ2n) is 4.23. The molecule has 0 atom stereocenters. The number of aryl methyl sites for hydroxylation is 2. The molecule has 2 heteroatoms. The molecule has 0 saturated carbocycles. The number of ether oxygens (including phenoxy) is 1. The van der Waals surface area contributed by atoms with Crippen LogP contribution in [0.3, 0.4) is 0 Å². The fourth-order valence-electron chi connectivity index (χ4n) is 1.66. The molecule has 0 unspecified atom stereocenters. The fraction of sp³-hybridized carbons (Fsp3) is 0.200. The van der Waals surface area contributed by atoms with Crippen LogP contribution in [0.15, 0.2) is 42.5 Å². The molecule has 0 bridgehead atoms. The summed E-state index contributed by atoms with van der Waals surface area (Å²) in [6.07, 6.45) is 0. The summed E-state index contributed by atoms with van der Waals surface area (Å²) in [7, 11) is 0. The Morgan fingerprint density at radius 3 is 2.24 bits per heavy atom. The van der Waals surface area contributed by atoms with Crippen LogP contribution < -0.4 is 10.5 Å². The number of benzene rings is 2. The predicted molar refractivity (Wildman–Crippen MR) is 70.3 cm³/mol. The molecule has 2 nitrogen and oxygen atoms in total. The molecule has 0 aliphatic rings. The first-order valence-electron chi connectivity index (χ1n) is 5.73. The smallest absolute Gasteiger partial charge is 0.132 e. The quantitative estimate of drug-likeness (QED) is 0.870. The molecule has 0 saturated heterocycles. The molecule has 0 radical (unpaired) electrons. The molecular formula is C15H17NO. The van der Waals surface area contributed by atoms with Crippen molar-refractivity contribution in [2.75, 3.05) is 0 Å². The first-order valence-corrected chi connectivity index (χ1v) is 5.73. The zero-order chi connectivity index (χ0) is 12.3. The Labute approximate surface area is 102 Å². The summed E-state index contributed by atoms with van der Waals surface area (Å²) < 4.78 is 5.86. The average Bonchev–Trinajstić information content (AvgIpc) is 2.32. The van der Waals surface area contributed by atoms with Gasteiger partial charge in [0, 0.05) is 12.1 Å². The summed E-state index contributed by atoms with van der Waals surface area (Å²) >= 11 is 0. The zero-order valence-corrected chi connectivity index (χ0v) is 10.2. The molecule has 0 amide bonds. The molecule has 0 aliphatic heterocycles. The van der Waals surface area contributed by atoms with Gasteiger partial charge in [-0.25, -0.2) is 0 Å². The van der Waals surface area contributed by atoms with Gasteiger partial charge in [0.2, 0.25) is 0 Å². The number of nitrogens with two attached hydrogens (primary N) is 1. The molecule has 0 spiro atoms. The predicted octanol–water partition coefficient (Wildman–Crippen LogP) is 3.55. The van der Waals surface area contributed by atoms with Crippen molar-refractivity contribution in [2.24, 2.45) is 5.73 Å². The van der Waals surface area contributed by atoms with E-state index < -0.39 is 0 Å². The van der Waals surface area contributed by atoms with Gasteiger partial charge < -0.3 is 10.5 Å². The summed E-state index contributed by atoms with van der Waals surface area (Å²) in [5.41, 5.74) is 9.12. The van der Waals surface area contributed by atoms with Gasteiger partial charge in [-0.1, -0.05) is 29.8 Å². The van der Waals surface area contributed by atoms with Crippen LogP contribution in [0, 0.1) is 13.8 Å². The minimum atomic E-state index is 0.488. The van der Waals surface area contributed by atoms with Gasteiger partial charge in [0.15, 0.2) is 0 Å². The van der Waals surface area contributed by atoms with Crippen molar-refractivity contribution in [3.05, 3.63) is 59.2 Å². The molecule has 2 N–H and O–H groups in total. The summed E-state index contributed by atoms with van der Waals surface area (Å²) in [6.45, 7) is 4.59. The van der Waals surface area contributed by atoms with Gasteiger partial charge in [0.1, 0.15) is 11.5 Å². The third-order valence-electron chi connectivity index (χ3n) is 2.69. The van der Waals surface area contributed by atoms with E-state index in [4.69, 9.17) is 10.5 Å². The van der Waals surface area contributed by atoms with Crippen molar-refractivity contribution >= 4 is 0 Å². The minimum Gasteiger partial charge on any atom is -0.457 e. The molecule has 0 heterocycles. The Hall–Kier alpha value is -1.80. The summed E-state index contributed by atoms with van der Waals surface area (Å²) in [6, 6.07) is 14.1. The van der Waals surface area contributed by atoms with Gasteiger partial charge in [0.05, 0.1) is 0 Å². The first kappa shape index (κ1) is 11.7.